The summed E-state index contributed by atoms with van der Waals surface area (Å²) in [6.45, 7) is 1.37. The minimum Gasteiger partial charge on any atom is -0.295 e. The molecule has 1 amide bonds. The number of carbonyl (C=O) groups excluding carboxylic acids is 2. The van der Waals surface area contributed by atoms with E-state index in [0.717, 1.165) is 25.7 Å². The van der Waals surface area contributed by atoms with E-state index in [2.05, 4.69) is 4.72 Å². The molecule has 0 atom stereocenters. The zero-order valence-electron chi connectivity index (χ0n) is 12.0. The van der Waals surface area contributed by atoms with Crippen LogP contribution in [0.1, 0.15) is 49.4 Å². The molecule has 1 saturated carbocycles. The van der Waals surface area contributed by atoms with Crippen molar-refractivity contribution in [2.45, 2.75) is 43.9 Å². The average molecular weight is 309 g/mol. The van der Waals surface area contributed by atoms with Gasteiger partial charge in [-0.25, -0.2) is 13.1 Å². The lowest BCUT2D eigenvalue weighted by molar-refractivity contribution is -0.120. The van der Waals surface area contributed by atoms with Crippen molar-refractivity contribution in [1.82, 2.24) is 4.72 Å². The first-order valence-corrected chi connectivity index (χ1v) is 8.53. The molecular formula is C15H19NO4S. The van der Waals surface area contributed by atoms with Crippen molar-refractivity contribution in [2.24, 2.45) is 5.92 Å². The summed E-state index contributed by atoms with van der Waals surface area (Å²) in [6.07, 6.45) is 4.41. The van der Waals surface area contributed by atoms with Crippen molar-refractivity contribution >= 4 is 21.7 Å². The summed E-state index contributed by atoms with van der Waals surface area (Å²) in [4.78, 5) is 23.1. The highest BCUT2D eigenvalue weighted by Crippen LogP contribution is 2.27. The molecule has 0 aliphatic heterocycles. The minimum atomic E-state index is -3.91. The van der Waals surface area contributed by atoms with Gasteiger partial charge in [-0.2, -0.15) is 0 Å². The van der Waals surface area contributed by atoms with Crippen LogP contribution in [0.5, 0.6) is 0 Å². The summed E-state index contributed by atoms with van der Waals surface area (Å²) in [7, 11) is -3.91. The van der Waals surface area contributed by atoms with Crippen LogP contribution in [0, 0.1) is 5.92 Å². The van der Waals surface area contributed by atoms with Crippen LogP contribution in [0.4, 0.5) is 0 Å². The van der Waals surface area contributed by atoms with E-state index in [4.69, 9.17) is 0 Å². The molecule has 1 aliphatic carbocycles. The zero-order valence-corrected chi connectivity index (χ0v) is 12.8. The predicted octanol–water partition coefficient (Wildman–Crippen LogP) is 2.27. The van der Waals surface area contributed by atoms with Gasteiger partial charge in [0.2, 0.25) is 5.91 Å². The Morgan fingerprint density at radius 1 is 1.24 bits per heavy atom. The third-order valence-electron chi connectivity index (χ3n) is 3.75. The molecule has 1 aromatic carbocycles. The van der Waals surface area contributed by atoms with E-state index in [9.17, 15) is 18.0 Å². The Balaban J connectivity index is 2.08. The molecule has 0 spiro atoms. The normalized spacial score (nSPS) is 15.9. The lowest BCUT2D eigenvalue weighted by Crippen LogP contribution is -2.31. The molecule has 0 heterocycles. The molecule has 21 heavy (non-hydrogen) atoms. The van der Waals surface area contributed by atoms with E-state index in [1.165, 1.54) is 25.1 Å². The SMILES string of the molecule is CC(=O)c1cccc(S(=O)(=O)NC(=O)CC2CCCC2)c1. The van der Waals surface area contributed by atoms with Crippen LogP contribution in [-0.4, -0.2) is 20.1 Å². The minimum absolute atomic E-state index is 0.0602. The maximum atomic E-state index is 12.1. The van der Waals surface area contributed by atoms with Gasteiger partial charge in [-0.3, -0.25) is 9.59 Å². The Hall–Kier alpha value is -1.69. The van der Waals surface area contributed by atoms with E-state index in [0.29, 0.717) is 5.56 Å². The zero-order chi connectivity index (χ0) is 15.5. The van der Waals surface area contributed by atoms with E-state index in [1.807, 2.05) is 0 Å². The molecule has 1 N–H and O–H groups in total. The van der Waals surface area contributed by atoms with Gasteiger partial charge in [-0.15, -0.1) is 0 Å². The van der Waals surface area contributed by atoms with Gasteiger partial charge in [-0.1, -0.05) is 25.0 Å². The molecule has 0 unspecified atom stereocenters. The van der Waals surface area contributed by atoms with Crippen molar-refractivity contribution in [3.05, 3.63) is 29.8 Å². The predicted molar refractivity (Wildman–Crippen MR) is 78.4 cm³/mol. The van der Waals surface area contributed by atoms with Gasteiger partial charge >= 0.3 is 0 Å². The van der Waals surface area contributed by atoms with Crippen LogP contribution in [-0.2, 0) is 14.8 Å². The van der Waals surface area contributed by atoms with Crippen LogP contribution < -0.4 is 4.72 Å². The highest BCUT2D eigenvalue weighted by atomic mass is 32.2. The first-order valence-electron chi connectivity index (χ1n) is 7.05. The Morgan fingerprint density at radius 2 is 1.90 bits per heavy atom. The van der Waals surface area contributed by atoms with Gasteiger partial charge < -0.3 is 0 Å². The number of amides is 1. The van der Waals surface area contributed by atoms with Crippen molar-refractivity contribution in [2.75, 3.05) is 0 Å². The summed E-state index contributed by atoms with van der Waals surface area (Å²) in [6, 6.07) is 5.69. The number of carbonyl (C=O) groups is 2. The second-order valence-corrected chi connectivity index (χ2v) is 7.15. The van der Waals surface area contributed by atoms with Crippen LogP contribution >= 0.6 is 0 Å². The monoisotopic (exact) mass is 309 g/mol. The molecule has 114 valence electrons. The molecule has 0 radical (unpaired) electrons. The Bertz CT molecular complexity index is 645. The lowest BCUT2D eigenvalue weighted by atomic mass is 10.0. The summed E-state index contributed by atoms with van der Waals surface area (Å²) < 4.78 is 26.4. The second kappa shape index (κ2) is 6.39. The second-order valence-electron chi connectivity index (χ2n) is 5.47. The Morgan fingerprint density at radius 3 is 2.52 bits per heavy atom. The van der Waals surface area contributed by atoms with Crippen molar-refractivity contribution < 1.29 is 18.0 Å². The topological polar surface area (TPSA) is 80.3 Å². The largest absolute Gasteiger partial charge is 0.295 e. The summed E-state index contributed by atoms with van der Waals surface area (Å²) in [5.74, 6) is -0.414. The Labute approximate surface area is 124 Å². The maximum absolute atomic E-state index is 12.1. The van der Waals surface area contributed by atoms with Gasteiger partial charge in [0.25, 0.3) is 10.0 Å². The smallest absolute Gasteiger partial charge is 0.264 e. The Kier molecular flexibility index (Phi) is 4.77. The number of ketones is 1. The number of hydrogen-bond acceptors (Lipinski definition) is 4. The summed E-state index contributed by atoms with van der Waals surface area (Å²) in [5.41, 5.74) is 0.307. The van der Waals surface area contributed by atoms with E-state index >= 15 is 0 Å². The first-order chi connectivity index (χ1) is 9.88. The van der Waals surface area contributed by atoms with Crippen LogP contribution in [0.15, 0.2) is 29.2 Å². The van der Waals surface area contributed by atoms with Gasteiger partial charge in [0.05, 0.1) is 4.90 Å². The fraction of sp³-hybridized carbons (Fsp3) is 0.467. The van der Waals surface area contributed by atoms with Gasteiger partial charge in [0.15, 0.2) is 5.78 Å². The third-order valence-corrected chi connectivity index (χ3v) is 5.12. The molecular weight excluding hydrogens is 290 g/mol. The van der Waals surface area contributed by atoms with E-state index < -0.39 is 15.9 Å². The number of benzene rings is 1. The van der Waals surface area contributed by atoms with Gasteiger partial charge in [0.1, 0.15) is 0 Å². The van der Waals surface area contributed by atoms with Crippen molar-refractivity contribution in [3.8, 4) is 0 Å². The molecule has 5 nitrogen and oxygen atoms in total. The fourth-order valence-corrected chi connectivity index (χ4v) is 3.65. The molecule has 6 heteroatoms. The molecule has 1 fully saturated rings. The average Bonchev–Trinajstić information content (AvgIpc) is 2.91. The quantitative estimate of drug-likeness (QED) is 0.846. The maximum Gasteiger partial charge on any atom is 0.264 e. The number of nitrogens with one attached hydrogen (secondary N) is 1. The standard InChI is InChI=1S/C15H19NO4S/c1-11(17)13-7-4-8-14(10-13)21(19,20)16-15(18)9-12-5-2-3-6-12/h4,7-8,10,12H,2-3,5-6,9H2,1H3,(H,16,18). The third kappa shape index (κ3) is 4.14. The van der Waals surface area contributed by atoms with E-state index in [1.54, 1.807) is 6.07 Å². The number of rotatable bonds is 5. The summed E-state index contributed by atoms with van der Waals surface area (Å²) >= 11 is 0. The van der Waals surface area contributed by atoms with Crippen LogP contribution in [0.2, 0.25) is 0 Å². The van der Waals surface area contributed by atoms with Gasteiger partial charge in [-0.05, 0) is 37.8 Å². The lowest BCUT2D eigenvalue weighted by Gasteiger charge is -2.10. The number of hydrogen-bond donors (Lipinski definition) is 1. The molecule has 1 aliphatic rings. The van der Waals surface area contributed by atoms with Crippen molar-refractivity contribution in [1.29, 1.82) is 0 Å². The number of sulfonamides is 1. The fourth-order valence-electron chi connectivity index (χ4n) is 2.61. The van der Waals surface area contributed by atoms with E-state index in [-0.39, 0.29) is 23.0 Å². The molecule has 0 saturated heterocycles. The first kappa shape index (κ1) is 15.7. The van der Waals surface area contributed by atoms with Gasteiger partial charge in [0, 0.05) is 12.0 Å². The highest BCUT2D eigenvalue weighted by Gasteiger charge is 2.23. The highest BCUT2D eigenvalue weighted by molar-refractivity contribution is 7.90. The summed E-state index contributed by atoms with van der Waals surface area (Å²) in [5, 5.41) is 0. The van der Waals surface area contributed by atoms with Crippen molar-refractivity contribution in [3.63, 3.8) is 0 Å². The molecule has 0 bridgehead atoms. The number of Topliss-reactive ketones (excluding diaryl/α,β-unsaturated/α-hetero) is 1. The van der Waals surface area contributed by atoms with Crippen LogP contribution in [0.3, 0.4) is 0 Å². The molecule has 0 aromatic heterocycles. The molecule has 1 aromatic rings. The van der Waals surface area contributed by atoms with Crippen LogP contribution in [0.25, 0.3) is 0 Å². The molecule has 2 rings (SSSR count).